The fourth-order valence-corrected chi connectivity index (χ4v) is 2.27. The number of fused-ring (bicyclic) bond motifs is 1. The highest BCUT2D eigenvalue weighted by Crippen LogP contribution is 2.39. The van der Waals surface area contributed by atoms with E-state index >= 15 is 0 Å². The summed E-state index contributed by atoms with van der Waals surface area (Å²) in [6.07, 6.45) is 1.60. The largest absolute Gasteiger partial charge is 0.388 e. The van der Waals surface area contributed by atoms with Crippen LogP contribution in [0.4, 0.5) is 11.4 Å². The molecule has 1 aliphatic carbocycles. The van der Waals surface area contributed by atoms with E-state index in [1.165, 1.54) is 4.90 Å². The molecule has 1 aromatic carbocycles. The summed E-state index contributed by atoms with van der Waals surface area (Å²) in [6.45, 7) is 0. The van der Waals surface area contributed by atoms with Crippen LogP contribution in [0.25, 0.3) is 0 Å². The molecule has 0 unspecified atom stereocenters. The minimum absolute atomic E-state index is 0.181. The average Bonchev–Trinajstić information content (AvgIpc) is 3.02. The number of carbonyl (C=O) groups excluding carboxylic acids is 2. The fraction of sp³-hybridized carbons (Fsp3) is 0.385. The van der Waals surface area contributed by atoms with Crippen LogP contribution in [0.15, 0.2) is 18.2 Å². The van der Waals surface area contributed by atoms with Crippen molar-refractivity contribution in [1.29, 1.82) is 0 Å². The van der Waals surface area contributed by atoms with Crippen molar-refractivity contribution in [1.82, 2.24) is 0 Å². The molecule has 3 rings (SSSR count). The summed E-state index contributed by atoms with van der Waals surface area (Å²) in [6, 6.07) is 5.56. The Labute approximate surface area is 105 Å². The van der Waals surface area contributed by atoms with Crippen molar-refractivity contribution in [3.8, 4) is 0 Å². The molecule has 2 amide bonds. The number of rotatable bonds is 2. The third kappa shape index (κ3) is 1.51. The summed E-state index contributed by atoms with van der Waals surface area (Å²) in [5.74, 6) is -0.441. The Morgan fingerprint density at radius 2 is 2.17 bits per heavy atom. The summed E-state index contributed by atoms with van der Waals surface area (Å²) >= 11 is 0. The van der Waals surface area contributed by atoms with Crippen molar-refractivity contribution in [3.63, 3.8) is 0 Å². The Bertz CT molecular complexity index is 549. The smallest absolute Gasteiger partial charge is 0.253 e. The molecule has 18 heavy (non-hydrogen) atoms. The van der Waals surface area contributed by atoms with Crippen molar-refractivity contribution in [3.05, 3.63) is 23.8 Å². The van der Waals surface area contributed by atoms with E-state index in [0.29, 0.717) is 18.5 Å². The molecule has 0 atom stereocenters. The van der Waals surface area contributed by atoms with E-state index in [2.05, 4.69) is 5.32 Å². The normalized spacial score (nSPS) is 19.7. The number of carbonyl (C=O) groups is 2. The quantitative estimate of drug-likeness (QED) is 0.750. The second-order valence-corrected chi connectivity index (χ2v) is 4.96. The van der Waals surface area contributed by atoms with Crippen molar-refractivity contribution < 1.29 is 9.59 Å². The Morgan fingerprint density at radius 1 is 1.44 bits per heavy atom. The molecule has 1 heterocycles. The molecule has 3 N–H and O–H groups in total. The van der Waals surface area contributed by atoms with Crippen LogP contribution in [-0.2, 0) is 16.0 Å². The number of amides is 2. The van der Waals surface area contributed by atoms with E-state index in [1.807, 2.05) is 19.2 Å². The van der Waals surface area contributed by atoms with Crippen molar-refractivity contribution in [2.45, 2.75) is 24.8 Å². The lowest BCUT2D eigenvalue weighted by atomic mass is 10.1. The van der Waals surface area contributed by atoms with E-state index in [4.69, 9.17) is 5.73 Å². The number of anilines is 2. The lowest BCUT2D eigenvalue weighted by Crippen LogP contribution is -2.47. The number of hydrogen-bond donors (Lipinski definition) is 2. The average molecular weight is 245 g/mol. The van der Waals surface area contributed by atoms with E-state index in [-0.39, 0.29) is 18.2 Å². The number of benzene rings is 1. The van der Waals surface area contributed by atoms with E-state index in [9.17, 15) is 9.59 Å². The highest BCUT2D eigenvalue weighted by molar-refractivity contribution is 6.22. The molecular weight excluding hydrogens is 230 g/mol. The van der Waals surface area contributed by atoms with Crippen LogP contribution >= 0.6 is 0 Å². The highest BCUT2D eigenvalue weighted by atomic mass is 16.2. The van der Waals surface area contributed by atoms with Gasteiger partial charge in [-0.05, 0) is 36.6 Å². The number of nitrogens with one attached hydrogen (secondary N) is 1. The van der Waals surface area contributed by atoms with Crippen LogP contribution in [0.1, 0.15) is 18.4 Å². The summed E-state index contributed by atoms with van der Waals surface area (Å²) in [5.41, 5.74) is 7.58. The van der Waals surface area contributed by atoms with E-state index in [1.54, 1.807) is 6.07 Å². The first-order valence-corrected chi connectivity index (χ1v) is 6.02. The third-order valence-electron chi connectivity index (χ3n) is 3.62. The van der Waals surface area contributed by atoms with Gasteiger partial charge in [-0.15, -0.1) is 0 Å². The summed E-state index contributed by atoms with van der Waals surface area (Å²) in [5, 5.41) is 3.02. The minimum Gasteiger partial charge on any atom is -0.388 e. The Morgan fingerprint density at radius 3 is 2.78 bits per heavy atom. The molecule has 1 saturated carbocycles. The molecule has 5 nitrogen and oxygen atoms in total. The molecule has 1 aromatic rings. The zero-order valence-electron chi connectivity index (χ0n) is 10.2. The lowest BCUT2D eigenvalue weighted by molar-refractivity contribution is -0.126. The van der Waals surface area contributed by atoms with Crippen LogP contribution < -0.4 is 16.0 Å². The monoisotopic (exact) mass is 245 g/mol. The molecular formula is C13H15N3O2. The molecule has 2 aliphatic rings. The Balaban J connectivity index is 1.99. The predicted octanol–water partition coefficient (Wildman–Crippen LogP) is 0.635. The summed E-state index contributed by atoms with van der Waals surface area (Å²) in [7, 11) is 1.82. The first-order valence-electron chi connectivity index (χ1n) is 6.02. The van der Waals surface area contributed by atoms with Gasteiger partial charge in [-0.25, -0.2) is 4.90 Å². The summed E-state index contributed by atoms with van der Waals surface area (Å²) < 4.78 is 0. The molecule has 0 aromatic heterocycles. The number of hydrogen-bond acceptors (Lipinski definition) is 4. The van der Waals surface area contributed by atoms with Crippen LogP contribution in [0.2, 0.25) is 0 Å². The Kier molecular flexibility index (Phi) is 2.22. The fourth-order valence-electron chi connectivity index (χ4n) is 2.27. The standard InChI is InChI=1S/C13H15N3O2/c1-15-9-2-3-10-8(6-9)7-11(17)16(10)12(18)13(14)4-5-13/h2-3,6,15H,4-5,7,14H2,1H3. The first-order chi connectivity index (χ1) is 8.55. The molecule has 5 heteroatoms. The topological polar surface area (TPSA) is 75.4 Å². The van der Waals surface area contributed by atoms with E-state index < -0.39 is 5.54 Å². The van der Waals surface area contributed by atoms with Gasteiger partial charge in [0.1, 0.15) is 0 Å². The van der Waals surface area contributed by atoms with Gasteiger partial charge in [0.2, 0.25) is 5.91 Å². The van der Waals surface area contributed by atoms with Crippen molar-refractivity contribution in [2.24, 2.45) is 5.73 Å². The Hall–Kier alpha value is -1.88. The van der Waals surface area contributed by atoms with E-state index in [0.717, 1.165) is 11.3 Å². The molecule has 94 valence electrons. The number of nitrogens with two attached hydrogens (primary N) is 1. The predicted molar refractivity (Wildman–Crippen MR) is 68.3 cm³/mol. The second kappa shape index (κ2) is 3.55. The zero-order valence-corrected chi connectivity index (χ0v) is 10.2. The van der Waals surface area contributed by atoms with Gasteiger partial charge in [-0.1, -0.05) is 0 Å². The van der Waals surface area contributed by atoms with Crippen LogP contribution in [0, 0.1) is 0 Å². The van der Waals surface area contributed by atoms with Gasteiger partial charge in [0.05, 0.1) is 17.6 Å². The van der Waals surface area contributed by atoms with Gasteiger partial charge in [0.25, 0.3) is 5.91 Å². The molecule has 1 fully saturated rings. The van der Waals surface area contributed by atoms with Crippen molar-refractivity contribution >= 4 is 23.2 Å². The molecule has 0 spiro atoms. The zero-order chi connectivity index (χ0) is 12.9. The summed E-state index contributed by atoms with van der Waals surface area (Å²) in [4.78, 5) is 25.4. The maximum absolute atomic E-state index is 12.2. The van der Waals surface area contributed by atoms with Crippen molar-refractivity contribution in [2.75, 3.05) is 17.3 Å². The van der Waals surface area contributed by atoms with Gasteiger partial charge in [0, 0.05) is 12.7 Å². The number of imide groups is 1. The second-order valence-electron chi connectivity index (χ2n) is 4.96. The van der Waals surface area contributed by atoms with Gasteiger partial charge < -0.3 is 11.1 Å². The van der Waals surface area contributed by atoms with Gasteiger partial charge >= 0.3 is 0 Å². The maximum Gasteiger partial charge on any atom is 0.253 e. The maximum atomic E-state index is 12.2. The highest BCUT2D eigenvalue weighted by Gasteiger charge is 2.51. The van der Waals surface area contributed by atoms with Gasteiger partial charge in [-0.2, -0.15) is 0 Å². The third-order valence-corrected chi connectivity index (χ3v) is 3.62. The molecule has 0 bridgehead atoms. The van der Waals surface area contributed by atoms with Crippen LogP contribution in [-0.4, -0.2) is 24.4 Å². The van der Waals surface area contributed by atoms with Crippen LogP contribution in [0.3, 0.4) is 0 Å². The molecule has 0 radical (unpaired) electrons. The molecule has 1 aliphatic heterocycles. The SMILES string of the molecule is CNc1ccc2c(c1)CC(=O)N2C(=O)C1(N)CC1. The first kappa shape index (κ1) is 11.2. The van der Waals surface area contributed by atoms with Gasteiger partial charge in [-0.3, -0.25) is 9.59 Å². The molecule has 0 saturated heterocycles. The number of nitrogens with zero attached hydrogens (tertiary/aromatic N) is 1. The lowest BCUT2D eigenvalue weighted by Gasteiger charge is -2.19. The van der Waals surface area contributed by atoms with Crippen LogP contribution in [0.5, 0.6) is 0 Å². The minimum atomic E-state index is -0.807. The van der Waals surface area contributed by atoms with Gasteiger partial charge in [0.15, 0.2) is 0 Å².